The molecular weight excluding hydrogens is 330 g/mol. The van der Waals surface area contributed by atoms with Crippen molar-refractivity contribution in [1.29, 1.82) is 0 Å². The summed E-state index contributed by atoms with van der Waals surface area (Å²) in [6.07, 6.45) is 0.964. The minimum Gasteiger partial charge on any atom is -0.337 e. The third kappa shape index (κ3) is 3.91. The first-order valence-corrected chi connectivity index (χ1v) is 8.79. The van der Waals surface area contributed by atoms with Gasteiger partial charge >= 0.3 is 0 Å². The summed E-state index contributed by atoms with van der Waals surface area (Å²) < 4.78 is 0. The Morgan fingerprint density at radius 2 is 1.88 bits per heavy atom. The Balaban J connectivity index is 1.91. The van der Waals surface area contributed by atoms with Crippen LogP contribution in [0.2, 0.25) is 0 Å². The fourth-order valence-corrected chi connectivity index (χ4v) is 3.29. The van der Waals surface area contributed by atoms with Crippen molar-refractivity contribution in [3.05, 3.63) is 63.7 Å². The third-order valence-electron chi connectivity index (χ3n) is 4.86. The predicted molar refractivity (Wildman–Crippen MR) is 101 cm³/mol. The number of likely N-dealkylation sites (N-methyl/N-ethyl adjacent to an activating group) is 1. The number of carbonyl (C=O) groups is 1. The maximum Gasteiger partial charge on any atom is 0.270 e. The van der Waals surface area contributed by atoms with Crippen LogP contribution in [-0.4, -0.2) is 53.9 Å². The minimum atomic E-state index is -0.401. The van der Waals surface area contributed by atoms with Gasteiger partial charge in [0.15, 0.2) is 0 Å². The third-order valence-corrected chi connectivity index (χ3v) is 4.86. The minimum absolute atomic E-state index is 0.0204. The molecule has 1 saturated heterocycles. The number of non-ortho nitro benzene ring substituents is 1. The lowest BCUT2D eigenvalue weighted by Gasteiger charge is -2.21. The summed E-state index contributed by atoms with van der Waals surface area (Å²) in [6.45, 7) is 5.29. The van der Waals surface area contributed by atoms with Gasteiger partial charge in [0, 0.05) is 37.3 Å². The maximum atomic E-state index is 12.9. The van der Waals surface area contributed by atoms with Gasteiger partial charge in [-0.1, -0.05) is 18.2 Å². The van der Waals surface area contributed by atoms with E-state index in [4.69, 9.17) is 0 Å². The molecular formula is C20H23N3O3. The molecule has 1 fully saturated rings. The Hall–Kier alpha value is -2.73. The SMILES string of the molecule is Cc1ccc(C(=O)N2CCCN(C)CC2)cc1-c1cccc([N+](=O)[O-])c1. The van der Waals surface area contributed by atoms with Gasteiger partial charge in [-0.3, -0.25) is 14.9 Å². The molecule has 1 aliphatic heterocycles. The molecule has 0 aliphatic carbocycles. The van der Waals surface area contributed by atoms with E-state index in [9.17, 15) is 14.9 Å². The van der Waals surface area contributed by atoms with Crippen molar-refractivity contribution in [3.8, 4) is 11.1 Å². The molecule has 26 heavy (non-hydrogen) atoms. The molecule has 136 valence electrons. The highest BCUT2D eigenvalue weighted by atomic mass is 16.6. The Bertz CT molecular complexity index is 835. The van der Waals surface area contributed by atoms with Gasteiger partial charge in [0.2, 0.25) is 0 Å². The molecule has 0 unspecified atom stereocenters. The van der Waals surface area contributed by atoms with Gasteiger partial charge in [-0.15, -0.1) is 0 Å². The molecule has 1 amide bonds. The summed E-state index contributed by atoms with van der Waals surface area (Å²) in [7, 11) is 2.07. The summed E-state index contributed by atoms with van der Waals surface area (Å²) in [5, 5.41) is 11.1. The smallest absolute Gasteiger partial charge is 0.270 e. The first-order valence-electron chi connectivity index (χ1n) is 8.79. The van der Waals surface area contributed by atoms with Gasteiger partial charge in [-0.05, 0) is 55.8 Å². The van der Waals surface area contributed by atoms with E-state index >= 15 is 0 Å². The summed E-state index contributed by atoms with van der Waals surface area (Å²) >= 11 is 0. The molecule has 0 radical (unpaired) electrons. The van der Waals surface area contributed by atoms with Gasteiger partial charge in [0.25, 0.3) is 11.6 Å². The molecule has 1 aliphatic rings. The molecule has 0 atom stereocenters. The number of hydrogen-bond donors (Lipinski definition) is 0. The number of carbonyl (C=O) groups excluding carboxylic acids is 1. The van der Waals surface area contributed by atoms with Crippen LogP contribution in [0, 0.1) is 17.0 Å². The number of rotatable bonds is 3. The van der Waals surface area contributed by atoms with E-state index in [0.29, 0.717) is 5.56 Å². The van der Waals surface area contributed by atoms with E-state index in [0.717, 1.165) is 49.3 Å². The van der Waals surface area contributed by atoms with Gasteiger partial charge < -0.3 is 9.80 Å². The molecule has 0 aromatic heterocycles. The van der Waals surface area contributed by atoms with Crippen LogP contribution in [0.3, 0.4) is 0 Å². The van der Waals surface area contributed by atoms with E-state index in [1.165, 1.54) is 6.07 Å². The van der Waals surface area contributed by atoms with Crippen LogP contribution in [0.4, 0.5) is 5.69 Å². The monoisotopic (exact) mass is 353 g/mol. The summed E-state index contributed by atoms with van der Waals surface area (Å²) in [6, 6.07) is 12.1. The molecule has 0 bridgehead atoms. The highest BCUT2D eigenvalue weighted by Crippen LogP contribution is 2.28. The van der Waals surface area contributed by atoms with Crippen LogP contribution in [0.1, 0.15) is 22.3 Å². The van der Waals surface area contributed by atoms with Crippen molar-refractivity contribution < 1.29 is 9.72 Å². The average molecular weight is 353 g/mol. The molecule has 6 nitrogen and oxygen atoms in total. The van der Waals surface area contributed by atoms with Crippen molar-refractivity contribution in [1.82, 2.24) is 9.80 Å². The largest absolute Gasteiger partial charge is 0.337 e. The maximum absolute atomic E-state index is 12.9. The van der Waals surface area contributed by atoms with E-state index < -0.39 is 4.92 Å². The molecule has 6 heteroatoms. The van der Waals surface area contributed by atoms with Crippen LogP contribution in [-0.2, 0) is 0 Å². The Labute approximate surface area is 153 Å². The summed E-state index contributed by atoms with van der Waals surface area (Å²) in [5.74, 6) is 0.0204. The second kappa shape index (κ2) is 7.66. The van der Waals surface area contributed by atoms with Crippen molar-refractivity contribution in [3.63, 3.8) is 0 Å². The number of aryl methyl sites for hydroxylation is 1. The van der Waals surface area contributed by atoms with Gasteiger partial charge in [0.05, 0.1) is 4.92 Å². The molecule has 0 saturated carbocycles. The number of amides is 1. The second-order valence-electron chi connectivity index (χ2n) is 6.79. The number of benzene rings is 2. The Morgan fingerprint density at radius 1 is 1.08 bits per heavy atom. The predicted octanol–water partition coefficient (Wildman–Crippen LogP) is 3.35. The fourth-order valence-electron chi connectivity index (χ4n) is 3.29. The van der Waals surface area contributed by atoms with E-state index in [1.54, 1.807) is 12.1 Å². The van der Waals surface area contributed by atoms with Crippen LogP contribution in [0.5, 0.6) is 0 Å². The number of nitro benzene ring substituents is 1. The highest BCUT2D eigenvalue weighted by molar-refractivity contribution is 5.96. The summed E-state index contributed by atoms with van der Waals surface area (Å²) in [4.78, 5) is 27.7. The van der Waals surface area contributed by atoms with Crippen LogP contribution >= 0.6 is 0 Å². The van der Waals surface area contributed by atoms with E-state index in [2.05, 4.69) is 11.9 Å². The van der Waals surface area contributed by atoms with Crippen molar-refractivity contribution >= 4 is 11.6 Å². The zero-order valence-corrected chi connectivity index (χ0v) is 15.1. The molecule has 1 heterocycles. The standard InChI is InChI=1S/C20H23N3O3/c1-15-7-8-17(20(24)22-10-4-9-21(2)11-12-22)14-19(15)16-5-3-6-18(13-16)23(25)26/h3,5-8,13-14H,4,9-12H2,1-2H3. The number of nitro groups is 1. The summed E-state index contributed by atoms with van der Waals surface area (Å²) in [5.41, 5.74) is 3.27. The van der Waals surface area contributed by atoms with Crippen molar-refractivity contribution in [2.24, 2.45) is 0 Å². The molecule has 2 aromatic rings. The average Bonchev–Trinajstić information content (AvgIpc) is 2.86. The number of nitrogens with zero attached hydrogens (tertiary/aromatic N) is 3. The lowest BCUT2D eigenvalue weighted by atomic mass is 9.97. The van der Waals surface area contributed by atoms with E-state index in [-0.39, 0.29) is 11.6 Å². The normalized spacial score (nSPS) is 15.5. The lowest BCUT2D eigenvalue weighted by molar-refractivity contribution is -0.384. The van der Waals surface area contributed by atoms with Crippen molar-refractivity contribution in [2.45, 2.75) is 13.3 Å². The molecule has 2 aromatic carbocycles. The van der Waals surface area contributed by atoms with E-state index in [1.807, 2.05) is 36.1 Å². The van der Waals surface area contributed by atoms with Crippen LogP contribution in [0.15, 0.2) is 42.5 Å². The first-order chi connectivity index (χ1) is 12.5. The quantitative estimate of drug-likeness (QED) is 0.627. The molecule has 0 N–H and O–H groups in total. The van der Waals surface area contributed by atoms with Gasteiger partial charge in [0.1, 0.15) is 0 Å². The highest BCUT2D eigenvalue weighted by Gasteiger charge is 2.20. The van der Waals surface area contributed by atoms with Gasteiger partial charge in [-0.25, -0.2) is 0 Å². The van der Waals surface area contributed by atoms with Crippen molar-refractivity contribution in [2.75, 3.05) is 33.2 Å². The first kappa shape index (κ1) is 18.1. The Kier molecular flexibility index (Phi) is 5.32. The fraction of sp³-hybridized carbons (Fsp3) is 0.350. The zero-order chi connectivity index (χ0) is 18.7. The Morgan fingerprint density at radius 3 is 2.65 bits per heavy atom. The number of hydrogen-bond acceptors (Lipinski definition) is 4. The second-order valence-corrected chi connectivity index (χ2v) is 6.79. The topological polar surface area (TPSA) is 66.7 Å². The van der Waals surface area contributed by atoms with Gasteiger partial charge in [-0.2, -0.15) is 0 Å². The molecule has 3 rings (SSSR count). The van der Waals surface area contributed by atoms with Crippen LogP contribution in [0.25, 0.3) is 11.1 Å². The zero-order valence-electron chi connectivity index (χ0n) is 15.1. The van der Waals surface area contributed by atoms with Crippen LogP contribution < -0.4 is 0 Å². The lowest BCUT2D eigenvalue weighted by Crippen LogP contribution is -2.34. The molecule has 0 spiro atoms.